The first kappa shape index (κ1) is 21.2. The molecule has 170 valence electrons. The molecule has 2 amide bonds. The molecule has 3 fully saturated rings. The number of rotatable bonds is 5. The third kappa shape index (κ3) is 4.29. The number of hydrogen-bond donors (Lipinski definition) is 0. The first-order valence-corrected chi connectivity index (χ1v) is 11.6. The predicted molar refractivity (Wildman–Crippen MR) is 120 cm³/mol. The van der Waals surface area contributed by atoms with Crippen LogP contribution in [0.2, 0.25) is 0 Å². The number of carbonyl (C=O) groups excluding carboxylic acids is 2. The fourth-order valence-corrected chi connectivity index (χ4v) is 4.65. The lowest BCUT2D eigenvalue weighted by Gasteiger charge is -2.36. The zero-order valence-corrected chi connectivity index (χ0v) is 18.7. The van der Waals surface area contributed by atoms with Gasteiger partial charge in [0.2, 0.25) is 5.91 Å². The van der Waals surface area contributed by atoms with E-state index in [9.17, 15) is 9.59 Å². The molecule has 0 spiro atoms. The van der Waals surface area contributed by atoms with Crippen LogP contribution in [0.3, 0.4) is 0 Å². The van der Waals surface area contributed by atoms with Crippen molar-refractivity contribution in [3.63, 3.8) is 0 Å². The molecule has 2 aliphatic heterocycles. The van der Waals surface area contributed by atoms with Gasteiger partial charge in [0.05, 0.1) is 42.9 Å². The molecule has 0 N–H and O–H groups in total. The zero-order chi connectivity index (χ0) is 22.1. The summed E-state index contributed by atoms with van der Waals surface area (Å²) in [5.41, 5.74) is 3.93. The smallest absolute Gasteiger partial charge is 0.257 e. The van der Waals surface area contributed by atoms with Crippen molar-refractivity contribution in [2.45, 2.75) is 25.7 Å². The minimum atomic E-state index is 0.0343. The number of amides is 2. The minimum absolute atomic E-state index is 0.0343. The van der Waals surface area contributed by atoms with Gasteiger partial charge < -0.3 is 14.5 Å². The number of aryl methyl sites for hydroxylation is 1. The first-order valence-electron chi connectivity index (χ1n) is 11.6. The summed E-state index contributed by atoms with van der Waals surface area (Å²) in [5, 5.41) is 4.62. The first-order chi connectivity index (χ1) is 15.6. The van der Waals surface area contributed by atoms with Crippen molar-refractivity contribution in [3.8, 4) is 5.69 Å². The molecular formula is C24H31N5O3. The van der Waals surface area contributed by atoms with Crippen LogP contribution in [0.15, 0.2) is 30.5 Å². The molecule has 2 saturated heterocycles. The number of morpholine rings is 1. The van der Waals surface area contributed by atoms with Crippen LogP contribution < -0.4 is 0 Å². The molecule has 32 heavy (non-hydrogen) atoms. The van der Waals surface area contributed by atoms with E-state index in [-0.39, 0.29) is 11.8 Å². The van der Waals surface area contributed by atoms with E-state index in [0.29, 0.717) is 57.4 Å². The van der Waals surface area contributed by atoms with Crippen LogP contribution in [0.25, 0.3) is 5.69 Å². The molecule has 3 aliphatic rings. The quantitative estimate of drug-likeness (QED) is 0.712. The average Bonchev–Trinajstić information content (AvgIpc) is 3.58. The zero-order valence-electron chi connectivity index (χ0n) is 18.7. The highest BCUT2D eigenvalue weighted by Gasteiger charge is 2.35. The van der Waals surface area contributed by atoms with Crippen LogP contribution in [0, 0.1) is 6.92 Å². The summed E-state index contributed by atoms with van der Waals surface area (Å²) in [6.45, 7) is 7.79. The lowest BCUT2D eigenvalue weighted by molar-refractivity contribution is -0.134. The Morgan fingerprint density at radius 3 is 2.38 bits per heavy atom. The van der Waals surface area contributed by atoms with E-state index in [1.807, 2.05) is 26.6 Å². The summed E-state index contributed by atoms with van der Waals surface area (Å²) >= 11 is 0. The predicted octanol–water partition coefficient (Wildman–Crippen LogP) is 1.67. The molecule has 1 aromatic heterocycles. The number of piperazine rings is 1. The van der Waals surface area contributed by atoms with Crippen molar-refractivity contribution in [1.29, 1.82) is 0 Å². The standard InChI is InChI=1S/C24H31N5O3/c1-18-4-2-3-5-21(18)29-23(19-6-7-19)20(16-25-29)24(31)28-10-8-27(9-11-28)22(30)17-26-12-14-32-15-13-26/h2-5,16,19H,6-15,17H2,1H3. The molecule has 8 heteroatoms. The fraction of sp³-hybridized carbons (Fsp3) is 0.542. The van der Waals surface area contributed by atoms with E-state index < -0.39 is 0 Å². The molecule has 1 saturated carbocycles. The highest BCUT2D eigenvalue weighted by Crippen LogP contribution is 2.43. The summed E-state index contributed by atoms with van der Waals surface area (Å²) in [6.07, 6.45) is 3.93. The van der Waals surface area contributed by atoms with Crippen LogP contribution in [-0.4, -0.2) is 95.3 Å². The maximum absolute atomic E-state index is 13.4. The molecule has 3 heterocycles. The molecule has 1 aromatic carbocycles. The summed E-state index contributed by atoms with van der Waals surface area (Å²) in [4.78, 5) is 32.0. The van der Waals surface area contributed by atoms with Gasteiger partial charge in [0.15, 0.2) is 0 Å². The maximum atomic E-state index is 13.4. The monoisotopic (exact) mass is 437 g/mol. The highest BCUT2D eigenvalue weighted by molar-refractivity contribution is 5.96. The Bertz CT molecular complexity index is 985. The lowest BCUT2D eigenvalue weighted by Crippen LogP contribution is -2.53. The van der Waals surface area contributed by atoms with Gasteiger partial charge in [-0.1, -0.05) is 18.2 Å². The largest absolute Gasteiger partial charge is 0.379 e. The Hall–Kier alpha value is -2.71. The number of carbonyl (C=O) groups is 2. The van der Waals surface area contributed by atoms with Crippen LogP contribution >= 0.6 is 0 Å². The van der Waals surface area contributed by atoms with Gasteiger partial charge in [0, 0.05) is 45.2 Å². The molecule has 0 bridgehead atoms. The van der Waals surface area contributed by atoms with Gasteiger partial charge in [-0.2, -0.15) is 5.10 Å². The second-order valence-corrected chi connectivity index (χ2v) is 8.98. The van der Waals surface area contributed by atoms with Crippen molar-refractivity contribution >= 4 is 11.8 Å². The number of benzene rings is 1. The number of nitrogens with zero attached hydrogens (tertiary/aromatic N) is 5. The van der Waals surface area contributed by atoms with E-state index in [4.69, 9.17) is 4.74 Å². The highest BCUT2D eigenvalue weighted by atomic mass is 16.5. The molecule has 0 atom stereocenters. The molecule has 8 nitrogen and oxygen atoms in total. The lowest BCUT2D eigenvalue weighted by atomic mass is 10.1. The van der Waals surface area contributed by atoms with E-state index >= 15 is 0 Å². The molecule has 1 aliphatic carbocycles. The van der Waals surface area contributed by atoms with Crippen molar-refractivity contribution in [2.24, 2.45) is 0 Å². The molecule has 5 rings (SSSR count). The second kappa shape index (κ2) is 9.03. The van der Waals surface area contributed by atoms with Gasteiger partial charge in [-0.3, -0.25) is 14.5 Å². The van der Waals surface area contributed by atoms with Gasteiger partial charge in [0.25, 0.3) is 5.91 Å². The summed E-state index contributed by atoms with van der Waals surface area (Å²) in [5.74, 6) is 0.574. The maximum Gasteiger partial charge on any atom is 0.257 e. The normalized spacial score (nSPS) is 19.9. The second-order valence-electron chi connectivity index (χ2n) is 8.98. The molecule has 2 aromatic rings. The summed E-state index contributed by atoms with van der Waals surface area (Å²) < 4.78 is 7.32. The number of ether oxygens (including phenoxy) is 1. The Kier molecular flexibility index (Phi) is 5.97. The number of hydrogen-bond acceptors (Lipinski definition) is 5. The summed E-state index contributed by atoms with van der Waals surface area (Å²) in [7, 11) is 0. The van der Waals surface area contributed by atoms with Crippen molar-refractivity contribution in [3.05, 3.63) is 47.3 Å². The molecular weight excluding hydrogens is 406 g/mol. The molecule has 0 radical (unpaired) electrons. The van der Waals surface area contributed by atoms with Gasteiger partial charge in [0.1, 0.15) is 0 Å². The minimum Gasteiger partial charge on any atom is -0.379 e. The van der Waals surface area contributed by atoms with Gasteiger partial charge in [-0.05, 0) is 31.4 Å². The Balaban J connectivity index is 1.26. The third-order valence-electron chi connectivity index (χ3n) is 6.73. The van der Waals surface area contributed by atoms with E-state index in [1.165, 1.54) is 0 Å². The van der Waals surface area contributed by atoms with Crippen LogP contribution in [0.1, 0.15) is 40.4 Å². The van der Waals surface area contributed by atoms with Crippen LogP contribution in [0.5, 0.6) is 0 Å². The third-order valence-corrected chi connectivity index (χ3v) is 6.73. The van der Waals surface area contributed by atoms with Gasteiger partial charge >= 0.3 is 0 Å². The van der Waals surface area contributed by atoms with Crippen LogP contribution in [0.4, 0.5) is 0 Å². The van der Waals surface area contributed by atoms with E-state index in [2.05, 4.69) is 29.1 Å². The topological polar surface area (TPSA) is 70.9 Å². The van der Waals surface area contributed by atoms with E-state index in [1.54, 1.807) is 6.20 Å². The van der Waals surface area contributed by atoms with Crippen LogP contribution in [-0.2, 0) is 9.53 Å². The Labute approximate surface area is 188 Å². The molecule has 0 unspecified atom stereocenters. The van der Waals surface area contributed by atoms with E-state index in [0.717, 1.165) is 42.9 Å². The average molecular weight is 438 g/mol. The summed E-state index contributed by atoms with van der Waals surface area (Å²) in [6, 6.07) is 8.16. The fourth-order valence-electron chi connectivity index (χ4n) is 4.65. The SMILES string of the molecule is Cc1ccccc1-n1ncc(C(=O)N2CCN(C(=O)CN3CCOCC3)CC2)c1C1CC1. The Morgan fingerprint density at radius 2 is 1.69 bits per heavy atom. The number of para-hydroxylation sites is 1. The van der Waals surface area contributed by atoms with Crippen molar-refractivity contribution in [1.82, 2.24) is 24.5 Å². The van der Waals surface area contributed by atoms with Crippen molar-refractivity contribution in [2.75, 3.05) is 59.0 Å². The van der Waals surface area contributed by atoms with Gasteiger partial charge in [-0.25, -0.2) is 4.68 Å². The Morgan fingerprint density at radius 1 is 1.00 bits per heavy atom. The van der Waals surface area contributed by atoms with Gasteiger partial charge in [-0.15, -0.1) is 0 Å². The number of aromatic nitrogens is 2. The van der Waals surface area contributed by atoms with Crippen molar-refractivity contribution < 1.29 is 14.3 Å².